The first-order valence-electron chi connectivity index (χ1n) is 16.4. The van der Waals surface area contributed by atoms with Gasteiger partial charge in [-0.2, -0.15) is 0 Å². The topological polar surface area (TPSA) is 52.6 Å². The maximum atomic E-state index is 11.8. The normalized spacial score (nSPS) is 12.2. The number of rotatable bonds is 27. The van der Waals surface area contributed by atoms with Gasteiger partial charge in [0.15, 0.2) is 0 Å². The highest BCUT2D eigenvalue weighted by atomic mass is 17.2. The molecule has 0 bridgehead atoms. The van der Waals surface area contributed by atoms with E-state index in [2.05, 4.69) is 84.4 Å². The van der Waals surface area contributed by atoms with Crippen molar-refractivity contribution in [2.75, 3.05) is 0 Å². The van der Waals surface area contributed by atoms with Crippen molar-refractivity contribution in [1.29, 1.82) is 0 Å². The van der Waals surface area contributed by atoms with Crippen LogP contribution in [0.4, 0.5) is 0 Å². The van der Waals surface area contributed by atoms with Gasteiger partial charge in [-0.05, 0) is 77.0 Å². The summed E-state index contributed by atoms with van der Waals surface area (Å²) in [6.45, 7) is 4.38. The van der Waals surface area contributed by atoms with Crippen LogP contribution in [0.15, 0.2) is 60.8 Å². The maximum absolute atomic E-state index is 11.8. The molecule has 0 radical (unpaired) electrons. The Morgan fingerprint density at radius 2 is 0.775 bits per heavy atom. The summed E-state index contributed by atoms with van der Waals surface area (Å²) in [5.41, 5.74) is 0. The lowest BCUT2D eigenvalue weighted by Gasteiger charge is -2.04. The van der Waals surface area contributed by atoms with Crippen LogP contribution >= 0.6 is 0 Å². The Hall–Kier alpha value is -2.36. The van der Waals surface area contributed by atoms with Gasteiger partial charge in [0.05, 0.1) is 12.8 Å². The number of carbonyl (C=O) groups is 2. The molecule has 0 aliphatic carbocycles. The smallest absolute Gasteiger partial charge is 0.247 e. The van der Waals surface area contributed by atoms with Gasteiger partial charge in [0.1, 0.15) is 0 Å². The van der Waals surface area contributed by atoms with Crippen LogP contribution in [0, 0.1) is 0 Å². The van der Waals surface area contributed by atoms with E-state index >= 15 is 0 Å². The largest absolute Gasteiger partial charge is 0.355 e. The summed E-state index contributed by atoms with van der Waals surface area (Å²) in [7, 11) is 0. The SMILES string of the molecule is CC/C=C\C/C=C\C/C=C\CCCCCCCC(=O)OOC(=O)CCCCCCC/C=C\C/C=C\CCCCC. The van der Waals surface area contributed by atoms with Gasteiger partial charge in [-0.15, -0.1) is 0 Å². The van der Waals surface area contributed by atoms with Crippen molar-refractivity contribution in [2.24, 2.45) is 0 Å². The summed E-state index contributed by atoms with van der Waals surface area (Å²) in [4.78, 5) is 32.9. The van der Waals surface area contributed by atoms with E-state index < -0.39 is 11.9 Å². The minimum atomic E-state index is -0.449. The summed E-state index contributed by atoms with van der Waals surface area (Å²) >= 11 is 0. The Bertz CT molecular complexity index is 714. The lowest BCUT2D eigenvalue weighted by atomic mass is 10.1. The molecule has 40 heavy (non-hydrogen) atoms. The van der Waals surface area contributed by atoms with E-state index in [0.717, 1.165) is 77.0 Å². The van der Waals surface area contributed by atoms with Gasteiger partial charge in [0.2, 0.25) is 0 Å². The van der Waals surface area contributed by atoms with Gasteiger partial charge in [-0.25, -0.2) is 19.4 Å². The van der Waals surface area contributed by atoms with E-state index in [1.54, 1.807) is 0 Å². The molecule has 0 aromatic heterocycles. The highest BCUT2D eigenvalue weighted by Gasteiger charge is 2.09. The molecule has 0 N–H and O–H groups in total. The fourth-order valence-electron chi connectivity index (χ4n) is 4.15. The van der Waals surface area contributed by atoms with Gasteiger partial charge in [-0.1, -0.05) is 126 Å². The minimum absolute atomic E-state index is 0.302. The Labute approximate surface area is 247 Å². The molecular formula is C36H60O4. The molecule has 0 fully saturated rings. The van der Waals surface area contributed by atoms with Crippen molar-refractivity contribution in [3.05, 3.63) is 60.8 Å². The lowest BCUT2D eigenvalue weighted by Crippen LogP contribution is -2.11. The molecule has 4 heteroatoms. The third kappa shape index (κ3) is 31.9. The predicted octanol–water partition coefficient (Wildman–Crippen LogP) is 11.4. The Balaban J connectivity index is 3.44. The molecule has 0 saturated carbocycles. The molecule has 0 heterocycles. The summed E-state index contributed by atoms with van der Waals surface area (Å²) < 4.78 is 0. The first-order chi connectivity index (χ1) is 19.7. The summed E-state index contributed by atoms with van der Waals surface area (Å²) in [6.07, 6.45) is 45.0. The van der Waals surface area contributed by atoms with Gasteiger partial charge in [0.25, 0.3) is 0 Å². The second-order valence-electron chi connectivity index (χ2n) is 10.5. The summed E-state index contributed by atoms with van der Waals surface area (Å²) in [5.74, 6) is -0.898. The number of carbonyl (C=O) groups excluding carboxylic acids is 2. The van der Waals surface area contributed by atoms with Crippen molar-refractivity contribution >= 4 is 11.9 Å². The first kappa shape index (κ1) is 37.6. The average molecular weight is 557 g/mol. The van der Waals surface area contributed by atoms with Crippen LogP contribution in [-0.2, 0) is 19.4 Å². The second-order valence-corrected chi connectivity index (χ2v) is 10.5. The first-order valence-corrected chi connectivity index (χ1v) is 16.4. The molecule has 0 saturated heterocycles. The highest BCUT2D eigenvalue weighted by molar-refractivity contribution is 5.72. The zero-order chi connectivity index (χ0) is 29.2. The van der Waals surface area contributed by atoms with Crippen molar-refractivity contribution in [3.8, 4) is 0 Å². The van der Waals surface area contributed by atoms with Crippen LogP contribution in [-0.4, -0.2) is 11.9 Å². The van der Waals surface area contributed by atoms with Gasteiger partial charge in [0, 0.05) is 0 Å². The molecule has 0 unspecified atom stereocenters. The summed E-state index contributed by atoms with van der Waals surface area (Å²) in [5, 5.41) is 0. The van der Waals surface area contributed by atoms with Crippen molar-refractivity contribution < 1.29 is 19.4 Å². The molecule has 0 aromatic carbocycles. The van der Waals surface area contributed by atoms with E-state index in [9.17, 15) is 9.59 Å². The van der Waals surface area contributed by atoms with Crippen molar-refractivity contribution in [3.63, 3.8) is 0 Å². The molecule has 0 aliphatic heterocycles. The maximum Gasteiger partial charge on any atom is 0.355 e. The molecule has 0 spiro atoms. The second kappa shape index (κ2) is 32.8. The Morgan fingerprint density at radius 3 is 1.20 bits per heavy atom. The summed E-state index contributed by atoms with van der Waals surface area (Å²) in [6, 6.07) is 0. The molecule has 228 valence electrons. The van der Waals surface area contributed by atoms with Gasteiger partial charge in [-0.3, -0.25) is 0 Å². The zero-order valence-electron chi connectivity index (χ0n) is 26.0. The van der Waals surface area contributed by atoms with E-state index in [1.807, 2.05) is 0 Å². The average Bonchev–Trinajstić information content (AvgIpc) is 2.96. The molecule has 0 aliphatic rings. The van der Waals surface area contributed by atoms with E-state index in [4.69, 9.17) is 0 Å². The zero-order valence-corrected chi connectivity index (χ0v) is 26.0. The monoisotopic (exact) mass is 556 g/mol. The Kier molecular flexibility index (Phi) is 30.9. The van der Waals surface area contributed by atoms with Crippen LogP contribution in [0.2, 0.25) is 0 Å². The van der Waals surface area contributed by atoms with E-state index in [1.165, 1.54) is 51.4 Å². The van der Waals surface area contributed by atoms with Crippen LogP contribution in [0.1, 0.15) is 155 Å². The lowest BCUT2D eigenvalue weighted by molar-refractivity contribution is -0.259. The molecule has 0 atom stereocenters. The number of hydrogen-bond donors (Lipinski definition) is 0. The van der Waals surface area contributed by atoms with Crippen molar-refractivity contribution in [1.82, 2.24) is 0 Å². The quantitative estimate of drug-likeness (QED) is 0.0437. The molecule has 4 nitrogen and oxygen atoms in total. The fraction of sp³-hybridized carbons (Fsp3) is 0.667. The van der Waals surface area contributed by atoms with Gasteiger partial charge >= 0.3 is 11.9 Å². The third-order valence-corrected chi connectivity index (χ3v) is 6.59. The molecule has 0 rings (SSSR count). The molecule has 0 amide bonds. The number of hydrogen-bond acceptors (Lipinski definition) is 4. The standard InChI is InChI=1S/C36H60O4/c1-3-5-7-9-11-13-15-17-19-21-23-25-27-29-31-33-35(37)39-40-36(38)34-32-30-28-26-24-22-20-18-16-14-12-10-8-6-4-2/h5,7,11-14,17-20H,3-4,6,8-10,15-16,21-34H2,1-2H3/b7-5-,13-11-,14-12-,19-17-,20-18-. The van der Waals surface area contributed by atoms with E-state index in [0.29, 0.717) is 12.8 Å². The van der Waals surface area contributed by atoms with Crippen LogP contribution in [0.5, 0.6) is 0 Å². The minimum Gasteiger partial charge on any atom is -0.247 e. The third-order valence-electron chi connectivity index (χ3n) is 6.59. The van der Waals surface area contributed by atoms with E-state index in [-0.39, 0.29) is 0 Å². The predicted molar refractivity (Wildman–Crippen MR) is 171 cm³/mol. The van der Waals surface area contributed by atoms with Crippen molar-refractivity contribution in [2.45, 2.75) is 155 Å². The highest BCUT2D eigenvalue weighted by Crippen LogP contribution is 2.11. The molecular weight excluding hydrogens is 496 g/mol. The van der Waals surface area contributed by atoms with Crippen LogP contribution in [0.3, 0.4) is 0 Å². The number of unbranched alkanes of at least 4 members (excludes halogenated alkanes) is 13. The van der Waals surface area contributed by atoms with Crippen LogP contribution < -0.4 is 0 Å². The number of allylic oxidation sites excluding steroid dienone is 10. The fourth-order valence-corrected chi connectivity index (χ4v) is 4.15. The van der Waals surface area contributed by atoms with Crippen LogP contribution in [0.25, 0.3) is 0 Å². The Morgan fingerprint density at radius 1 is 0.425 bits per heavy atom. The molecule has 0 aromatic rings. The van der Waals surface area contributed by atoms with Gasteiger partial charge < -0.3 is 0 Å².